The molecule has 5 aliphatic carbocycles. The van der Waals surface area contributed by atoms with Crippen LogP contribution in [0.15, 0.2) is 23.0 Å². The molecule has 1 amide bonds. The largest absolute Gasteiger partial charge is 0.511 e. The van der Waals surface area contributed by atoms with E-state index < -0.39 is 33.2 Å². The van der Waals surface area contributed by atoms with Gasteiger partial charge >= 0.3 is 0 Å². The van der Waals surface area contributed by atoms with Gasteiger partial charge in [0.25, 0.3) is 0 Å². The summed E-state index contributed by atoms with van der Waals surface area (Å²) in [6.45, 7) is 15.2. The van der Waals surface area contributed by atoms with Gasteiger partial charge in [-0.25, -0.2) is 0 Å². The molecule has 0 aromatic carbocycles. The van der Waals surface area contributed by atoms with E-state index in [2.05, 4.69) is 39.1 Å². The molecule has 0 spiro atoms. The van der Waals surface area contributed by atoms with Crippen LogP contribution in [0.2, 0.25) is 0 Å². The minimum atomic E-state index is -1.59. The van der Waals surface area contributed by atoms with E-state index in [1.165, 1.54) is 0 Å². The van der Waals surface area contributed by atoms with Crippen molar-refractivity contribution in [2.45, 2.75) is 105 Å². The molecule has 7 atom stereocenters. The number of hydrogen-bond acceptors (Lipinski definition) is 5. The number of nitrogens with one attached hydrogen (secondary N) is 1. The highest BCUT2D eigenvalue weighted by Gasteiger charge is 2.72. The van der Waals surface area contributed by atoms with Gasteiger partial charge < -0.3 is 15.5 Å². The number of aliphatic hydroxyl groups is 2. The fraction of sp³-hybridized carbons (Fsp3) is 0.781. The van der Waals surface area contributed by atoms with Gasteiger partial charge in [-0.05, 0) is 86.5 Å². The first-order chi connectivity index (χ1) is 17.5. The number of rotatable bonds is 2. The van der Waals surface area contributed by atoms with Crippen molar-refractivity contribution in [3.05, 3.63) is 23.0 Å². The SMILES string of the molecule is CCNC(=O)C12CCC3C4(C)CCC5C(C)(C)C(O)=C(C#N)CC5(C)C4=CC(=O)C3(O)C1CC(C)(C)CC2. The predicted molar refractivity (Wildman–Crippen MR) is 146 cm³/mol. The average Bonchev–Trinajstić information content (AvgIpc) is 2.83. The van der Waals surface area contributed by atoms with Crippen LogP contribution >= 0.6 is 0 Å². The maximum atomic E-state index is 14.3. The van der Waals surface area contributed by atoms with Crippen LogP contribution in [0.1, 0.15) is 99.8 Å². The van der Waals surface area contributed by atoms with Gasteiger partial charge in [-0.1, -0.05) is 47.1 Å². The van der Waals surface area contributed by atoms with Crippen LogP contribution in [-0.2, 0) is 9.59 Å². The molecule has 38 heavy (non-hydrogen) atoms. The van der Waals surface area contributed by atoms with Crippen molar-refractivity contribution in [3.63, 3.8) is 0 Å². The number of aliphatic hydroxyl groups excluding tert-OH is 1. The van der Waals surface area contributed by atoms with E-state index in [1.807, 2.05) is 20.8 Å². The van der Waals surface area contributed by atoms with Crippen molar-refractivity contribution in [3.8, 4) is 6.07 Å². The first-order valence-electron chi connectivity index (χ1n) is 14.6. The molecule has 3 fully saturated rings. The molecule has 3 N–H and O–H groups in total. The molecule has 5 aliphatic rings. The molecule has 0 aliphatic heterocycles. The lowest BCUT2D eigenvalue weighted by atomic mass is 9.37. The molecule has 3 saturated carbocycles. The second-order valence-corrected chi connectivity index (χ2v) is 15.0. The molecule has 0 bridgehead atoms. The number of ketones is 1. The Kier molecular flexibility index (Phi) is 5.92. The van der Waals surface area contributed by atoms with E-state index >= 15 is 0 Å². The third kappa shape index (κ3) is 3.26. The number of carbonyl (C=O) groups excluding carboxylic acids is 2. The zero-order valence-electron chi connectivity index (χ0n) is 24.3. The molecule has 0 aromatic rings. The van der Waals surface area contributed by atoms with Gasteiger partial charge in [0, 0.05) is 23.8 Å². The van der Waals surface area contributed by atoms with Gasteiger partial charge in [-0.15, -0.1) is 0 Å². The highest BCUT2D eigenvalue weighted by atomic mass is 16.3. The van der Waals surface area contributed by atoms with Crippen molar-refractivity contribution >= 4 is 11.7 Å². The Bertz CT molecular complexity index is 1190. The van der Waals surface area contributed by atoms with Crippen molar-refractivity contribution in [1.82, 2.24) is 5.32 Å². The summed E-state index contributed by atoms with van der Waals surface area (Å²) in [6.07, 6.45) is 7.32. The standard InChI is InChI=1S/C32H46N2O4/c1-8-34-26(37)31-12-10-21-29(6)11-9-20-28(4,5)25(36)19(18-33)16-30(20,7)22(29)15-24(35)32(21,38)23(31)17-27(2,3)13-14-31/h15,20-21,23,36,38H,8-14,16-17H2,1-7H3,(H,34,37). The van der Waals surface area contributed by atoms with Gasteiger partial charge in [-0.2, -0.15) is 5.26 Å². The van der Waals surface area contributed by atoms with E-state index in [0.717, 1.165) is 24.8 Å². The summed E-state index contributed by atoms with van der Waals surface area (Å²) < 4.78 is 0. The van der Waals surface area contributed by atoms with Gasteiger partial charge in [-0.3, -0.25) is 9.59 Å². The summed E-state index contributed by atoms with van der Waals surface area (Å²) >= 11 is 0. The third-order valence-electron chi connectivity index (χ3n) is 12.2. The topological polar surface area (TPSA) is 110 Å². The second kappa shape index (κ2) is 8.19. The highest BCUT2D eigenvalue weighted by molar-refractivity contribution is 6.01. The van der Waals surface area contributed by atoms with Gasteiger partial charge in [0.05, 0.1) is 17.1 Å². The fourth-order valence-corrected chi connectivity index (χ4v) is 10.3. The number of fused-ring (bicyclic) bond motifs is 7. The maximum absolute atomic E-state index is 14.3. The zero-order chi connectivity index (χ0) is 28.1. The molecule has 208 valence electrons. The van der Waals surface area contributed by atoms with Crippen LogP contribution in [0.4, 0.5) is 0 Å². The zero-order valence-corrected chi connectivity index (χ0v) is 24.3. The van der Waals surface area contributed by atoms with E-state index in [0.29, 0.717) is 44.2 Å². The molecule has 0 radical (unpaired) electrons. The van der Waals surface area contributed by atoms with Crippen LogP contribution in [0.25, 0.3) is 0 Å². The highest BCUT2D eigenvalue weighted by Crippen LogP contribution is 2.72. The average molecular weight is 523 g/mol. The summed E-state index contributed by atoms with van der Waals surface area (Å²) in [5, 5.41) is 36.7. The van der Waals surface area contributed by atoms with Crippen molar-refractivity contribution in [2.24, 2.45) is 44.8 Å². The van der Waals surface area contributed by atoms with Gasteiger partial charge in [0.15, 0.2) is 5.78 Å². The number of nitrogens with zero attached hydrogens (tertiary/aromatic N) is 1. The maximum Gasteiger partial charge on any atom is 0.226 e. The number of hydrogen-bond donors (Lipinski definition) is 3. The van der Waals surface area contributed by atoms with Crippen molar-refractivity contribution in [2.75, 3.05) is 6.54 Å². The van der Waals surface area contributed by atoms with Crippen molar-refractivity contribution < 1.29 is 19.8 Å². The van der Waals surface area contributed by atoms with E-state index in [4.69, 9.17) is 0 Å². The molecule has 0 aromatic heterocycles. The van der Waals surface area contributed by atoms with E-state index in [1.54, 1.807) is 6.08 Å². The number of carbonyl (C=O) groups is 2. The Balaban J connectivity index is 1.67. The lowest BCUT2D eigenvalue weighted by Gasteiger charge is -2.67. The van der Waals surface area contributed by atoms with Crippen LogP contribution in [0.5, 0.6) is 0 Å². The Morgan fingerprint density at radius 3 is 2.32 bits per heavy atom. The smallest absolute Gasteiger partial charge is 0.226 e. The first kappa shape index (κ1) is 27.4. The molecular weight excluding hydrogens is 476 g/mol. The fourth-order valence-electron chi connectivity index (χ4n) is 10.3. The monoisotopic (exact) mass is 522 g/mol. The van der Waals surface area contributed by atoms with Crippen LogP contribution in [0, 0.1) is 56.2 Å². The van der Waals surface area contributed by atoms with Crippen LogP contribution < -0.4 is 5.32 Å². The van der Waals surface area contributed by atoms with Crippen LogP contribution in [0.3, 0.4) is 0 Å². The molecule has 6 heteroatoms. The molecule has 7 unspecified atom stereocenters. The summed E-state index contributed by atoms with van der Waals surface area (Å²) in [6, 6.07) is 2.25. The summed E-state index contributed by atoms with van der Waals surface area (Å²) in [5.41, 5.74) is -2.42. The molecule has 0 saturated heterocycles. The normalized spacial score (nSPS) is 45.0. The molecular formula is C32H46N2O4. The summed E-state index contributed by atoms with van der Waals surface area (Å²) in [5.74, 6) is -0.726. The predicted octanol–water partition coefficient (Wildman–Crippen LogP) is 5.77. The van der Waals surface area contributed by atoms with Gasteiger partial charge in [0.2, 0.25) is 5.91 Å². The number of allylic oxidation sites excluding steroid dienone is 3. The van der Waals surface area contributed by atoms with Gasteiger partial charge in [0.1, 0.15) is 11.4 Å². The quantitative estimate of drug-likeness (QED) is 0.426. The Hall–Kier alpha value is -2.13. The van der Waals surface area contributed by atoms with E-state index in [-0.39, 0.29) is 34.7 Å². The summed E-state index contributed by atoms with van der Waals surface area (Å²) in [4.78, 5) is 28.0. The third-order valence-corrected chi connectivity index (χ3v) is 12.2. The Morgan fingerprint density at radius 1 is 1.03 bits per heavy atom. The van der Waals surface area contributed by atoms with E-state index in [9.17, 15) is 25.1 Å². The number of amides is 1. The minimum absolute atomic E-state index is 0.0101. The minimum Gasteiger partial charge on any atom is -0.511 e. The second-order valence-electron chi connectivity index (χ2n) is 15.0. The lowest BCUT2D eigenvalue weighted by molar-refractivity contribution is -0.211. The Labute approximate surface area is 227 Å². The van der Waals surface area contributed by atoms with Crippen LogP contribution in [-0.4, -0.2) is 34.0 Å². The lowest BCUT2D eigenvalue weighted by Crippen LogP contribution is -2.71. The Morgan fingerprint density at radius 2 is 1.68 bits per heavy atom. The molecule has 0 heterocycles. The molecule has 5 rings (SSSR count). The first-order valence-corrected chi connectivity index (χ1v) is 14.6. The summed E-state index contributed by atoms with van der Waals surface area (Å²) in [7, 11) is 0. The van der Waals surface area contributed by atoms with Crippen molar-refractivity contribution in [1.29, 1.82) is 5.26 Å². The number of nitriles is 1. The molecule has 6 nitrogen and oxygen atoms in total.